The Balaban J connectivity index is 2.31. The van der Waals surface area contributed by atoms with E-state index >= 15 is 0 Å². The van der Waals surface area contributed by atoms with Crippen LogP contribution < -0.4 is 0 Å². The van der Waals surface area contributed by atoms with Gasteiger partial charge in [-0.1, -0.05) is 0 Å². The second-order valence-electron chi connectivity index (χ2n) is 3.46. The van der Waals surface area contributed by atoms with Gasteiger partial charge in [-0.25, -0.2) is 0 Å². The molecule has 0 amide bonds. The Kier molecular flexibility index (Phi) is 0.0762. The first-order valence-corrected chi connectivity index (χ1v) is 3.00. The summed E-state index contributed by atoms with van der Waals surface area (Å²) in [4.78, 5) is 0. The van der Waals surface area contributed by atoms with E-state index in [0.29, 0.717) is 0 Å². The van der Waals surface area contributed by atoms with E-state index in [0.717, 1.165) is 0 Å². The fourth-order valence-electron chi connectivity index (χ4n) is 3.41. The highest BCUT2D eigenvalue weighted by Crippen LogP contribution is 3.00. The Bertz CT molecular complexity index is 75.1. The van der Waals surface area contributed by atoms with Gasteiger partial charge in [-0.15, -0.1) is 0 Å². The van der Waals surface area contributed by atoms with Gasteiger partial charge in [0.05, 0.1) is 0 Å². The normalized spacial score (nSPS) is 108. The summed E-state index contributed by atoms with van der Waals surface area (Å²) in [5, 5.41) is 0. The molecule has 5 fully saturated rings. The summed E-state index contributed by atoms with van der Waals surface area (Å²) in [6.45, 7) is 0. The van der Waals surface area contributed by atoms with Crippen LogP contribution in [0.15, 0.2) is 0 Å². The standard InChI is InChI=1S/C6H6/c1-2-3(1)6-4(1)5(2)6/h1-6H. The quantitative estimate of drug-likeness (QED) is 0.401. The van der Waals surface area contributed by atoms with Gasteiger partial charge < -0.3 is 0 Å². The third-order valence-corrected chi connectivity index (χ3v) is 3.72. The molecule has 0 unspecified atom stereocenters. The van der Waals surface area contributed by atoms with Gasteiger partial charge >= 0.3 is 0 Å². The molecule has 0 aliphatic heterocycles. The van der Waals surface area contributed by atoms with Gasteiger partial charge in [0, 0.05) is 0 Å². The van der Waals surface area contributed by atoms with Crippen molar-refractivity contribution in [1.82, 2.24) is 0 Å². The van der Waals surface area contributed by atoms with Crippen molar-refractivity contribution in [3.8, 4) is 0 Å². The third-order valence-electron chi connectivity index (χ3n) is 3.72. The van der Waals surface area contributed by atoms with Gasteiger partial charge in [0.15, 0.2) is 0 Å². The van der Waals surface area contributed by atoms with E-state index in [9.17, 15) is 0 Å². The molecule has 0 bridgehead atoms. The minimum atomic E-state index is 1.33. The van der Waals surface area contributed by atoms with Crippen LogP contribution in [0.2, 0.25) is 0 Å². The largest absolute Gasteiger partial charge is 0.0312 e. The predicted molar refractivity (Wildman–Crippen MR) is 20.9 cm³/mol. The zero-order valence-corrected chi connectivity index (χ0v) is 3.46. The number of hydrogen-bond donors (Lipinski definition) is 0. The Morgan fingerprint density at radius 3 is 0.667 bits per heavy atom. The van der Waals surface area contributed by atoms with Gasteiger partial charge in [0.1, 0.15) is 0 Å². The molecule has 0 saturated heterocycles. The van der Waals surface area contributed by atoms with Crippen molar-refractivity contribution in [3.05, 3.63) is 0 Å². The smallest absolute Gasteiger partial charge is 0.0312 e. The van der Waals surface area contributed by atoms with Crippen molar-refractivity contribution in [2.24, 2.45) is 35.5 Å². The van der Waals surface area contributed by atoms with Crippen LogP contribution in [0, 0.1) is 35.5 Å². The molecular formula is C6H6. The van der Waals surface area contributed by atoms with E-state index in [1.165, 1.54) is 35.5 Å². The first-order valence-electron chi connectivity index (χ1n) is 3.00. The van der Waals surface area contributed by atoms with Gasteiger partial charge in [-0.2, -0.15) is 0 Å². The Morgan fingerprint density at radius 2 is 0.500 bits per heavy atom. The van der Waals surface area contributed by atoms with Gasteiger partial charge in [-0.3, -0.25) is 0 Å². The van der Waals surface area contributed by atoms with Crippen LogP contribution in [0.5, 0.6) is 0 Å². The fraction of sp³-hybridized carbons (Fsp3) is 1.00. The molecule has 0 radical (unpaired) electrons. The average Bonchev–Trinajstić information content (AvgIpc) is 1.64. The minimum absolute atomic E-state index is 1.33. The molecule has 5 aliphatic rings. The average molecular weight is 78.1 g/mol. The Labute approximate surface area is 36.5 Å². The lowest BCUT2D eigenvalue weighted by molar-refractivity contribution is 0.434. The molecule has 0 heterocycles. The third kappa shape index (κ3) is 0.0352. The monoisotopic (exact) mass is 78.0 g/mol. The maximum Gasteiger partial charge on any atom is -0.0312 e. The van der Waals surface area contributed by atoms with E-state index in [1.54, 1.807) is 0 Å². The zero-order valence-electron chi connectivity index (χ0n) is 3.46. The van der Waals surface area contributed by atoms with Crippen LogP contribution in [-0.2, 0) is 0 Å². The first kappa shape index (κ1) is 1.85. The van der Waals surface area contributed by atoms with Crippen molar-refractivity contribution in [2.75, 3.05) is 0 Å². The molecule has 30 valence electrons. The molecule has 0 nitrogen and oxygen atoms in total. The van der Waals surface area contributed by atoms with Crippen LogP contribution in [0.4, 0.5) is 0 Å². The summed E-state index contributed by atoms with van der Waals surface area (Å²) in [5.74, 6) is 8.00. The molecule has 0 aromatic heterocycles. The van der Waals surface area contributed by atoms with E-state index in [2.05, 4.69) is 0 Å². The maximum absolute atomic E-state index is 1.33. The lowest BCUT2D eigenvalue weighted by Crippen LogP contribution is -2.00. The highest BCUT2D eigenvalue weighted by Gasteiger charge is 2.97. The topological polar surface area (TPSA) is 0 Å². The lowest BCUT2D eigenvalue weighted by atomic mass is 10.0. The van der Waals surface area contributed by atoms with E-state index in [1.807, 2.05) is 0 Å². The van der Waals surface area contributed by atoms with Crippen LogP contribution in [0.3, 0.4) is 0 Å². The van der Waals surface area contributed by atoms with Crippen molar-refractivity contribution >= 4 is 0 Å². The second kappa shape index (κ2) is 0.247. The highest BCUT2D eigenvalue weighted by atomic mass is 15.0. The van der Waals surface area contributed by atoms with Crippen LogP contribution in [0.25, 0.3) is 0 Å². The number of rotatable bonds is 0. The van der Waals surface area contributed by atoms with Crippen molar-refractivity contribution in [2.45, 2.75) is 0 Å². The first-order chi connectivity index (χ1) is 3.00. The molecule has 0 aromatic rings. The Morgan fingerprint density at radius 1 is 0.333 bits per heavy atom. The fourth-order valence-corrected chi connectivity index (χ4v) is 3.41. The summed E-state index contributed by atoms with van der Waals surface area (Å²) in [6.07, 6.45) is 0. The minimum Gasteiger partial charge on any atom is -0.0312 e. The molecular weight excluding hydrogens is 72.1 g/mol. The highest BCUT2D eigenvalue weighted by molar-refractivity contribution is 5.43. The van der Waals surface area contributed by atoms with Crippen LogP contribution >= 0.6 is 0 Å². The maximum atomic E-state index is 1.33. The van der Waals surface area contributed by atoms with Gasteiger partial charge in [0.25, 0.3) is 0 Å². The predicted octanol–water partition coefficient (Wildman–Crippen LogP) is 0.738. The van der Waals surface area contributed by atoms with Crippen LogP contribution in [0.1, 0.15) is 0 Å². The molecule has 0 spiro atoms. The molecule has 6 heavy (non-hydrogen) atoms. The molecule has 0 aromatic carbocycles. The SMILES string of the molecule is C12C3C1C1C2C31. The van der Waals surface area contributed by atoms with Crippen LogP contribution in [-0.4, -0.2) is 0 Å². The lowest BCUT2D eigenvalue weighted by Gasteiger charge is -2.03. The molecule has 5 aliphatic carbocycles. The molecule has 5 rings (SSSR count). The molecule has 0 N–H and O–H groups in total. The zero-order chi connectivity index (χ0) is 3.46. The summed E-state index contributed by atoms with van der Waals surface area (Å²) >= 11 is 0. The van der Waals surface area contributed by atoms with Gasteiger partial charge in [-0.05, 0) is 35.5 Å². The van der Waals surface area contributed by atoms with E-state index < -0.39 is 0 Å². The van der Waals surface area contributed by atoms with E-state index in [-0.39, 0.29) is 0 Å². The van der Waals surface area contributed by atoms with Gasteiger partial charge in [0.2, 0.25) is 0 Å². The molecule has 5 saturated carbocycles. The Hall–Kier alpha value is 0. The summed E-state index contributed by atoms with van der Waals surface area (Å²) < 4.78 is 0. The van der Waals surface area contributed by atoms with Crippen molar-refractivity contribution in [3.63, 3.8) is 0 Å². The summed E-state index contributed by atoms with van der Waals surface area (Å²) in [6, 6.07) is 0. The molecule has 0 atom stereocenters. The second-order valence-corrected chi connectivity index (χ2v) is 3.46. The number of hydrogen-bond acceptors (Lipinski definition) is 0. The van der Waals surface area contributed by atoms with E-state index in [4.69, 9.17) is 0 Å². The summed E-state index contributed by atoms with van der Waals surface area (Å²) in [7, 11) is 0. The van der Waals surface area contributed by atoms with Crippen molar-refractivity contribution in [1.29, 1.82) is 0 Å². The van der Waals surface area contributed by atoms with Crippen molar-refractivity contribution < 1.29 is 0 Å². The molecule has 0 heteroatoms. The summed E-state index contributed by atoms with van der Waals surface area (Å²) in [5.41, 5.74) is 0.